The average molecular weight is 265 g/mol. The van der Waals surface area contributed by atoms with Crippen LogP contribution in [0.15, 0.2) is 23.9 Å². The molecule has 0 spiro atoms. The highest BCUT2D eigenvalue weighted by molar-refractivity contribution is 6.19. The first kappa shape index (κ1) is 16.2. The van der Waals surface area contributed by atoms with Crippen LogP contribution in [0.1, 0.15) is 6.92 Å². The number of allylic oxidation sites excluding steroid dienone is 2. The molecule has 0 saturated heterocycles. The van der Waals surface area contributed by atoms with Gasteiger partial charge in [0.1, 0.15) is 5.57 Å². The highest BCUT2D eigenvalue weighted by atomic mass is 19.4. The lowest BCUT2D eigenvalue weighted by atomic mass is 10.1. The Morgan fingerprint density at radius 2 is 1.83 bits per heavy atom. The second kappa shape index (κ2) is 6.83. The number of hydrogen-bond donors (Lipinski definition) is 0. The van der Waals surface area contributed by atoms with Crippen molar-refractivity contribution in [2.24, 2.45) is 0 Å². The molecule has 102 valence electrons. The Morgan fingerprint density at radius 3 is 2.22 bits per heavy atom. The van der Waals surface area contributed by atoms with Crippen LogP contribution >= 0.6 is 0 Å². The van der Waals surface area contributed by atoms with Crippen molar-refractivity contribution in [3.63, 3.8) is 0 Å². The maximum Gasteiger partial charge on any atom is 0.455 e. The highest BCUT2D eigenvalue weighted by Crippen LogP contribution is 2.21. The molecule has 0 aromatic rings. The van der Waals surface area contributed by atoms with Crippen LogP contribution in [0.25, 0.3) is 0 Å². The molecule has 0 aliphatic carbocycles. The summed E-state index contributed by atoms with van der Waals surface area (Å²) in [5.74, 6) is -3.51. The highest BCUT2D eigenvalue weighted by Gasteiger charge is 2.43. The van der Waals surface area contributed by atoms with Gasteiger partial charge in [-0.25, -0.2) is 4.79 Å². The van der Waals surface area contributed by atoms with E-state index >= 15 is 0 Å². The predicted molar refractivity (Wildman–Crippen MR) is 58.6 cm³/mol. The zero-order valence-electron chi connectivity index (χ0n) is 10.2. The van der Waals surface area contributed by atoms with Gasteiger partial charge >= 0.3 is 12.1 Å². The van der Waals surface area contributed by atoms with Gasteiger partial charge in [-0.05, 0) is 25.3 Å². The smallest absolute Gasteiger partial charge is 0.455 e. The molecule has 7 heteroatoms. The van der Waals surface area contributed by atoms with Crippen LogP contribution in [0.4, 0.5) is 13.2 Å². The van der Waals surface area contributed by atoms with Gasteiger partial charge in [0.2, 0.25) is 0 Å². The summed E-state index contributed by atoms with van der Waals surface area (Å²) in [6.07, 6.45) is -1.77. The van der Waals surface area contributed by atoms with Gasteiger partial charge in [-0.2, -0.15) is 13.2 Å². The number of ether oxygens (including phenoxy) is 1. The molecule has 0 radical (unpaired) electrons. The van der Waals surface area contributed by atoms with Crippen LogP contribution in [0.5, 0.6) is 0 Å². The lowest BCUT2D eigenvalue weighted by molar-refractivity contribution is -0.168. The minimum absolute atomic E-state index is 0.112. The number of Topliss-reactive ketones (excluding diaryl/α,β-unsaturated/α-hetero) is 1. The summed E-state index contributed by atoms with van der Waals surface area (Å²) in [5.41, 5.74) is -1.04. The van der Waals surface area contributed by atoms with E-state index in [-0.39, 0.29) is 6.61 Å². The van der Waals surface area contributed by atoms with Gasteiger partial charge in [-0.1, -0.05) is 0 Å². The Labute approximate surface area is 103 Å². The van der Waals surface area contributed by atoms with Crippen molar-refractivity contribution in [2.75, 3.05) is 20.7 Å². The van der Waals surface area contributed by atoms with Gasteiger partial charge in [0, 0.05) is 14.1 Å². The minimum Gasteiger partial charge on any atom is -0.462 e. The van der Waals surface area contributed by atoms with E-state index in [0.717, 1.165) is 12.2 Å². The van der Waals surface area contributed by atoms with E-state index in [2.05, 4.69) is 4.74 Å². The molecule has 0 amide bonds. The third-order valence-electron chi connectivity index (χ3n) is 1.64. The van der Waals surface area contributed by atoms with Gasteiger partial charge in [-0.15, -0.1) is 0 Å². The Balaban J connectivity index is 5.19. The van der Waals surface area contributed by atoms with Crippen LogP contribution in [-0.4, -0.2) is 43.5 Å². The zero-order chi connectivity index (χ0) is 14.3. The Hall–Kier alpha value is -1.79. The monoisotopic (exact) mass is 265 g/mol. The summed E-state index contributed by atoms with van der Waals surface area (Å²) in [5, 5.41) is 0. The van der Waals surface area contributed by atoms with Gasteiger partial charge in [0.15, 0.2) is 0 Å². The van der Waals surface area contributed by atoms with E-state index in [1.807, 2.05) is 0 Å². The molecule has 0 aromatic carbocycles. The standard InChI is InChI=1S/C11H14F3NO3/c1-4-18-10(17)8(6-5-7-15(2)3)9(16)11(12,13)14/h5-7H,4H2,1-3H3/b7-5+,8-6-. The number of esters is 1. The number of nitrogens with zero attached hydrogens (tertiary/aromatic N) is 1. The van der Waals surface area contributed by atoms with Gasteiger partial charge < -0.3 is 9.64 Å². The van der Waals surface area contributed by atoms with E-state index in [0.29, 0.717) is 0 Å². The van der Waals surface area contributed by atoms with E-state index in [4.69, 9.17) is 0 Å². The molecular weight excluding hydrogens is 251 g/mol. The van der Waals surface area contributed by atoms with Crippen molar-refractivity contribution in [2.45, 2.75) is 13.1 Å². The number of hydrogen-bond acceptors (Lipinski definition) is 4. The number of alkyl halides is 3. The maximum absolute atomic E-state index is 12.3. The number of halogens is 3. The summed E-state index contributed by atoms with van der Waals surface area (Å²) in [4.78, 5) is 23.8. The third kappa shape index (κ3) is 5.51. The number of carbonyl (C=O) groups excluding carboxylic acids is 2. The molecule has 0 atom stereocenters. The van der Waals surface area contributed by atoms with Crippen LogP contribution < -0.4 is 0 Å². The molecule has 0 heterocycles. The molecule has 4 nitrogen and oxygen atoms in total. The van der Waals surface area contributed by atoms with E-state index < -0.39 is 23.5 Å². The molecule has 0 N–H and O–H groups in total. The zero-order valence-corrected chi connectivity index (χ0v) is 10.2. The number of ketones is 1. The third-order valence-corrected chi connectivity index (χ3v) is 1.64. The fourth-order valence-corrected chi connectivity index (χ4v) is 0.909. The Bertz CT molecular complexity index is 370. The lowest BCUT2D eigenvalue weighted by Gasteiger charge is -2.08. The van der Waals surface area contributed by atoms with Crippen molar-refractivity contribution in [1.29, 1.82) is 0 Å². The van der Waals surface area contributed by atoms with Crippen molar-refractivity contribution in [3.05, 3.63) is 23.9 Å². The molecule has 18 heavy (non-hydrogen) atoms. The van der Waals surface area contributed by atoms with Crippen LogP contribution in [0.2, 0.25) is 0 Å². The molecule has 0 saturated carbocycles. The molecule has 0 bridgehead atoms. The summed E-state index contributed by atoms with van der Waals surface area (Å²) in [7, 11) is 3.28. The van der Waals surface area contributed by atoms with E-state index in [1.54, 1.807) is 14.1 Å². The van der Waals surface area contributed by atoms with E-state index in [9.17, 15) is 22.8 Å². The molecule has 0 rings (SSSR count). The topological polar surface area (TPSA) is 46.6 Å². The summed E-state index contributed by atoms with van der Waals surface area (Å²) in [6, 6.07) is 0. The Morgan fingerprint density at radius 1 is 1.28 bits per heavy atom. The second-order valence-corrected chi connectivity index (χ2v) is 3.43. The van der Waals surface area contributed by atoms with Crippen molar-refractivity contribution >= 4 is 11.8 Å². The van der Waals surface area contributed by atoms with E-state index in [1.165, 1.54) is 18.0 Å². The lowest BCUT2D eigenvalue weighted by Crippen LogP contribution is -2.29. The first-order valence-corrected chi connectivity index (χ1v) is 5.03. The van der Waals surface area contributed by atoms with Crippen molar-refractivity contribution in [3.8, 4) is 0 Å². The van der Waals surface area contributed by atoms with Crippen LogP contribution in [-0.2, 0) is 14.3 Å². The van der Waals surface area contributed by atoms with Crippen LogP contribution in [0.3, 0.4) is 0 Å². The molecule has 0 unspecified atom stereocenters. The quantitative estimate of drug-likeness (QED) is 0.249. The number of rotatable bonds is 5. The van der Waals surface area contributed by atoms with Gasteiger partial charge in [-0.3, -0.25) is 4.79 Å². The molecule has 0 fully saturated rings. The summed E-state index contributed by atoms with van der Waals surface area (Å²) >= 11 is 0. The maximum atomic E-state index is 12.3. The molecular formula is C11H14F3NO3. The SMILES string of the molecule is CCOC(=O)/C(=C\C=C\N(C)C)C(=O)C(F)(F)F. The average Bonchev–Trinajstić information content (AvgIpc) is 2.22. The fourth-order valence-electron chi connectivity index (χ4n) is 0.909. The van der Waals surface area contributed by atoms with Gasteiger partial charge in [0.25, 0.3) is 5.78 Å². The van der Waals surface area contributed by atoms with Crippen molar-refractivity contribution in [1.82, 2.24) is 4.90 Å². The predicted octanol–water partition coefficient (Wildman–Crippen LogP) is 1.68. The Kier molecular flexibility index (Phi) is 6.15. The number of carbonyl (C=O) groups is 2. The molecule has 0 aliphatic heterocycles. The van der Waals surface area contributed by atoms with Crippen molar-refractivity contribution < 1.29 is 27.5 Å². The normalized spacial score (nSPS) is 12.7. The van der Waals surface area contributed by atoms with Gasteiger partial charge in [0.05, 0.1) is 6.61 Å². The first-order valence-electron chi connectivity index (χ1n) is 5.03. The molecule has 0 aromatic heterocycles. The largest absolute Gasteiger partial charge is 0.462 e. The first-order chi connectivity index (χ1) is 8.20. The molecule has 0 aliphatic rings. The second-order valence-electron chi connectivity index (χ2n) is 3.43. The van der Waals surface area contributed by atoms with Crippen LogP contribution in [0, 0.1) is 0 Å². The minimum atomic E-state index is -5.11. The summed E-state index contributed by atoms with van der Waals surface area (Å²) < 4.78 is 41.2. The fraction of sp³-hybridized carbons (Fsp3) is 0.455. The summed E-state index contributed by atoms with van der Waals surface area (Å²) in [6.45, 7) is 1.32.